The number of nitrogens with one attached hydrogen (secondary N) is 1. The fourth-order valence-electron chi connectivity index (χ4n) is 1.70. The zero-order valence-corrected chi connectivity index (χ0v) is 9.36. The Morgan fingerprint density at radius 2 is 2.33 bits per heavy atom. The summed E-state index contributed by atoms with van der Waals surface area (Å²) in [6.45, 7) is 3.32. The van der Waals surface area contributed by atoms with Crippen LogP contribution in [0.25, 0.3) is 0 Å². The van der Waals surface area contributed by atoms with Gasteiger partial charge in [-0.25, -0.2) is 4.98 Å². The van der Waals surface area contributed by atoms with Crippen molar-refractivity contribution in [2.24, 2.45) is 11.8 Å². The number of rotatable bonds is 5. The van der Waals surface area contributed by atoms with Crippen LogP contribution in [0.15, 0.2) is 18.3 Å². The highest BCUT2D eigenvalue weighted by Gasteiger charge is 2.27. The first kappa shape index (κ1) is 10.3. The molecule has 2 rings (SSSR count). The van der Waals surface area contributed by atoms with Crippen molar-refractivity contribution in [3.05, 3.63) is 18.3 Å². The third-order valence-electron chi connectivity index (χ3n) is 3.00. The van der Waals surface area contributed by atoms with E-state index in [4.69, 9.17) is 4.74 Å². The van der Waals surface area contributed by atoms with E-state index in [1.54, 1.807) is 13.3 Å². The highest BCUT2D eigenvalue weighted by atomic mass is 16.5. The molecule has 0 aromatic carbocycles. The summed E-state index contributed by atoms with van der Waals surface area (Å²) in [5, 5.41) is 3.35. The average molecular weight is 206 g/mol. The second-order valence-corrected chi connectivity index (χ2v) is 4.28. The first-order chi connectivity index (χ1) is 7.29. The van der Waals surface area contributed by atoms with E-state index >= 15 is 0 Å². The van der Waals surface area contributed by atoms with Crippen molar-refractivity contribution in [1.29, 1.82) is 0 Å². The second kappa shape index (κ2) is 4.51. The monoisotopic (exact) mass is 206 g/mol. The summed E-state index contributed by atoms with van der Waals surface area (Å²) >= 11 is 0. The van der Waals surface area contributed by atoms with E-state index in [2.05, 4.69) is 17.2 Å². The molecule has 1 fully saturated rings. The lowest BCUT2D eigenvalue weighted by atomic mass is 10.1. The van der Waals surface area contributed by atoms with Gasteiger partial charge in [0.1, 0.15) is 11.6 Å². The van der Waals surface area contributed by atoms with E-state index in [1.807, 2.05) is 12.1 Å². The van der Waals surface area contributed by atoms with Gasteiger partial charge in [-0.15, -0.1) is 0 Å². The lowest BCUT2D eigenvalue weighted by Gasteiger charge is -2.11. The van der Waals surface area contributed by atoms with Gasteiger partial charge in [-0.3, -0.25) is 0 Å². The van der Waals surface area contributed by atoms with Gasteiger partial charge >= 0.3 is 0 Å². The number of pyridine rings is 1. The smallest absolute Gasteiger partial charge is 0.137 e. The lowest BCUT2D eigenvalue weighted by molar-refractivity contribution is 0.413. The maximum atomic E-state index is 5.05. The molecule has 0 radical (unpaired) electrons. The molecule has 1 aromatic rings. The van der Waals surface area contributed by atoms with Crippen LogP contribution in [-0.2, 0) is 0 Å². The van der Waals surface area contributed by atoms with Gasteiger partial charge in [0.15, 0.2) is 0 Å². The Balaban J connectivity index is 1.81. The van der Waals surface area contributed by atoms with Crippen LogP contribution in [0.4, 0.5) is 5.82 Å². The first-order valence-electron chi connectivity index (χ1n) is 5.53. The van der Waals surface area contributed by atoms with E-state index < -0.39 is 0 Å². The molecular formula is C12H18N2O. The predicted octanol–water partition coefficient (Wildman–Crippen LogP) is 2.55. The van der Waals surface area contributed by atoms with Gasteiger partial charge in [-0.05, 0) is 36.8 Å². The number of anilines is 1. The topological polar surface area (TPSA) is 34.1 Å². The zero-order chi connectivity index (χ0) is 10.7. The number of ether oxygens (including phenoxy) is 1. The average Bonchev–Trinajstić information content (AvgIpc) is 3.10. The number of hydrogen-bond acceptors (Lipinski definition) is 3. The summed E-state index contributed by atoms with van der Waals surface area (Å²) in [5.41, 5.74) is 0. The highest BCUT2D eigenvalue weighted by Crippen LogP contribution is 2.36. The van der Waals surface area contributed by atoms with Gasteiger partial charge in [0.2, 0.25) is 0 Å². The minimum Gasteiger partial charge on any atom is -0.495 e. The molecule has 0 spiro atoms. The molecule has 1 aliphatic carbocycles. The summed E-state index contributed by atoms with van der Waals surface area (Å²) in [7, 11) is 1.65. The Hall–Kier alpha value is -1.25. The fourth-order valence-corrected chi connectivity index (χ4v) is 1.70. The molecule has 0 bridgehead atoms. The third-order valence-corrected chi connectivity index (χ3v) is 3.00. The Labute approximate surface area is 90.9 Å². The van der Waals surface area contributed by atoms with Gasteiger partial charge in [0, 0.05) is 6.54 Å². The molecule has 82 valence electrons. The Morgan fingerprint density at radius 1 is 1.53 bits per heavy atom. The fraction of sp³-hybridized carbons (Fsp3) is 0.583. The van der Waals surface area contributed by atoms with E-state index in [0.29, 0.717) is 0 Å². The predicted molar refractivity (Wildman–Crippen MR) is 61.2 cm³/mol. The molecule has 1 atom stereocenters. The minimum absolute atomic E-state index is 0.758. The first-order valence-corrected chi connectivity index (χ1v) is 5.53. The zero-order valence-electron chi connectivity index (χ0n) is 9.36. The SMILES string of the molecule is COc1ccc(NCC(C)C2CC2)nc1. The van der Waals surface area contributed by atoms with Crippen molar-refractivity contribution in [3.63, 3.8) is 0 Å². The van der Waals surface area contributed by atoms with Gasteiger partial charge in [0.25, 0.3) is 0 Å². The Morgan fingerprint density at radius 3 is 2.87 bits per heavy atom. The van der Waals surface area contributed by atoms with Crippen molar-refractivity contribution in [2.45, 2.75) is 19.8 Å². The number of nitrogens with zero attached hydrogens (tertiary/aromatic N) is 1. The largest absolute Gasteiger partial charge is 0.495 e. The summed E-state index contributed by atoms with van der Waals surface area (Å²) < 4.78 is 5.05. The molecule has 1 aliphatic rings. The van der Waals surface area contributed by atoms with Crippen molar-refractivity contribution in [3.8, 4) is 5.75 Å². The molecular weight excluding hydrogens is 188 g/mol. The summed E-state index contributed by atoms with van der Waals surface area (Å²) in [6.07, 6.45) is 4.54. The second-order valence-electron chi connectivity index (χ2n) is 4.28. The van der Waals surface area contributed by atoms with Gasteiger partial charge in [-0.1, -0.05) is 6.92 Å². The van der Waals surface area contributed by atoms with Gasteiger partial charge in [0.05, 0.1) is 13.3 Å². The molecule has 1 unspecified atom stereocenters. The Bertz CT molecular complexity index is 306. The lowest BCUT2D eigenvalue weighted by Crippen LogP contribution is -2.13. The van der Waals surface area contributed by atoms with E-state index in [-0.39, 0.29) is 0 Å². The quantitative estimate of drug-likeness (QED) is 0.804. The molecule has 1 aromatic heterocycles. The van der Waals surface area contributed by atoms with Crippen LogP contribution in [0.3, 0.4) is 0 Å². The summed E-state index contributed by atoms with van der Waals surface area (Å²) in [6, 6.07) is 3.88. The molecule has 1 heterocycles. The van der Waals surface area contributed by atoms with E-state index in [9.17, 15) is 0 Å². The molecule has 0 amide bonds. The van der Waals surface area contributed by atoms with E-state index in [1.165, 1.54) is 12.8 Å². The highest BCUT2D eigenvalue weighted by molar-refractivity contribution is 5.37. The van der Waals surface area contributed by atoms with Crippen LogP contribution in [0.5, 0.6) is 5.75 Å². The molecule has 3 nitrogen and oxygen atoms in total. The molecule has 1 saturated carbocycles. The molecule has 1 N–H and O–H groups in total. The minimum atomic E-state index is 0.758. The van der Waals surface area contributed by atoms with Crippen molar-refractivity contribution < 1.29 is 4.74 Å². The van der Waals surface area contributed by atoms with Gasteiger partial charge in [-0.2, -0.15) is 0 Å². The maximum Gasteiger partial charge on any atom is 0.137 e. The number of hydrogen-bond donors (Lipinski definition) is 1. The van der Waals surface area contributed by atoms with Crippen LogP contribution >= 0.6 is 0 Å². The van der Waals surface area contributed by atoms with Gasteiger partial charge < -0.3 is 10.1 Å². The molecule has 0 aliphatic heterocycles. The third kappa shape index (κ3) is 2.85. The summed E-state index contributed by atoms with van der Waals surface area (Å²) in [4.78, 5) is 4.27. The molecule has 15 heavy (non-hydrogen) atoms. The molecule has 0 saturated heterocycles. The summed E-state index contributed by atoms with van der Waals surface area (Å²) in [5.74, 6) is 3.43. The van der Waals surface area contributed by atoms with Crippen molar-refractivity contribution in [2.75, 3.05) is 19.0 Å². The van der Waals surface area contributed by atoms with Crippen molar-refractivity contribution in [1.82, 2.24) is 4.98 Å². The van der Waals surface area contributed by atoms with E-state index in [0.717, 1.165) is 29.9 Å². The van der Waals surface area contributed by atoms with Crippen LogP contribution in [0.2, 0.25) is 0 Å². The normalized spacial score (nSPS) is 17.2. The standard InChI is InChI=1S/C12H18N2O/c1-9(10-3-4-10)7-13-12-6-5-11(15-2)8-14-12/h5-6,8-10H,3-4,7H2,1-2H3,(H,13,14). The Kier molecular flexibility index (Phi) is 3.09. The van der Waals surface area contributed by atoms with Crippen LogP contribution in [0.1, 0.15) is 19.8 Å². The molecule has 3 heteroatoms. The maximum absolute atomic E-state index is 5.05. The number of aromatic nitrogens is 1. The van der Waals surface area contributed by atoms with Crippen molar-refractivity contribution >= 4 is 5.82 Å². The van der Waals surface area contributed by atoms with Crippen LogP contribution in [-0.4, -0.2) is 18.6 Å². The van der Waals surface area contributed by atoms with Crippen LogP contribution < -0.4 is 10.1 Å². The van der Waals surface area contributed by atoms with Crippen LogP contribution in [0, 0.1) is 11.8 Å². The number of methoxy groups -OCH3 is 1.